The van der Waals surface area contributed by atoms with E-state index in [-0.39, 0.29) is 0 Å². The lowest BCUT2D eigenvalue weighted by Gasteiger charge is -2.00. The number of nitrogens with zero attached hydrogens (tertiary/aromatic N) is 2. The van der Waals surface area contributed by atoms with Gasteiger partial charge in [0.25, 0.3) is 0 Å². The molecule has 1 heterocycles. The molecule has 11 heavy (non-hydrogen) atoms. The van der Waals surface area contributed by atoms with E-state index in [2.05, 4.69) is 12.0 Å². The zero-order valence-electron chi connectivity index (χ0n) is 7.17. The highest BCUT2D eigenvalue weighted by Gasteiger charge is 1.98. The zero-order valence-corrected chi connectivity index (χ0v) is 7.17. The summed E-state index contributed by atoms with van der Waals surface area (Å²) in [7, 11) is 0. The molecule has 0 bridgehead atoms. The van der Waals surface area contributed by atoms with Crippen LogP contribution in [-0.4, -0.2) is 9.78 Å². The summed E-state index contributed by atoms with van der Waals surface area (Å²) in [6.07, 6.45) is 2.36. The van der Waals surface area contributed by atoms with E-state index in [4.69, 9.17) is 5.73 Å². The molecule has 0 aliphatic carbocycles. The molecule has 0 atom stereocenters. The van der Waals surface area contributed by atoms with E-state index in [1.54, 1.807) is 0 Å². The third-order valence-electron chi connectivity index (χ3n) is 1.72. The molecule has 0 amide bonds. The van der Waals surface area contributed by atoms with Crippen LogP contribution < -0.4 is 5.73 Å². The Balaban J connectivity index is 2.62. The van der Waals surface area contributed by atoms with Crippen molar-refractivity contribution in [2.24, 2.45) is 0 Å². The highest BCUT2D eigenvalue weighted by molar-refractivity contribution is 5.28. The normalized spacial score (nSPS) is 10.4. The first-order valence-electron chi connectivity index (χ1n) is 4.04. The van der Waals surface area contributed by atoms with E-state index in [0.717, 1.165) is 12.2 Å². The molecular weight excluding hydrogens is 138 g/mol. The van der Waals surface area contributed by atoms with Gasteiger partial charge in [-0.2, -0.15) is 5.10 Å². The fraction of sp³-hybridized carbons (Fsp3) is 0.625. The molecule has 0 saturated heterocycles. The van der Waals surface area contributed by atoms with Gasteiger partial charge in [0.1, 0.15) is 5.82 Å². The van der Waals surface area contributed by atoms with Crippen LogP contribution in [-0.2, 0) is 6.54 Å². The van der Waals surface area contributed by atoms with E-state index in [1.165, 1.54) is 12.8 Å². The van der Waals surface area contributed by atoms with Gasteiger partial charge in [-0.15, -0.1) is 0 Å². The molecule has 1 rings (SSSR count). The van der Waals surface area contributed by atoms with Crippen molar-refractivity contribution in [3.8, 4) is 0 Å². The molecule has 1 aromatic rings. The molecule has 0 aliphatic heterocycles. The smallest absolute Gasteiger partial charge is 0.145 e. The number of hydrogen-bond acceptors (Lipinski definition) is 2. The molecule has 3 heteroatoms. The molecule has 1 aromatic heterocycles. The Kier molecular flexibility index (Phi) is 2.52. The van der Waals surface area contributed by atoms with Crippen molar-refractivity contribution in [2.45, 2.75) is 33.2 Å². The van der Waals surface area contributed by atoms with Crippen molar-refractivity contribution in [3.05, 3.63) is 11.8 Å². The summed E-state index contributed by atoms with van der Waals surface area (Å²) in [4.78, 5) is 0. The average molecular weight is 153 g/mol. The Labute approximate surface area is 67.2 Å². The fourth-order valence-corrected chi connectivity index (χ4v) is 1.07. The van der Waals surface area contributed by atoms with Gasteiger partial charge in [0.15, 0.2) is 0 Å². The van der Waals surface area contributed by atoms with Crippen molar-refractivity contribution < 1.29 is 0 Å². The minimum absolute atomic E-state index is 0.624. The lowest BCUT2D eigenvalue weighted by molar-refractivity contribution is 0.561. The molecule has 0 radical (unpaired) electrons. The fourth-order valence-electron chi connectivity index (χ4n) is 1.07. The third kappa shape index (κ3) is 1.97. The SMILES string of the molecule is CCCCn1nc(N)cc1C. The monoisotopic (exact) mass is 153 g/mol. The van der Waals surface area contributed by atoms with Crippen LogP contribution in [0.25, 0.3) is 0 Å². The van der Waals surface area contributed by atoms with Crippen LogP contribution in [0.5, 0.6) is 0 Å². The summed E-state index contributed by atoms with van der Waals surface area (Å²) in [5, 5.41) is 4.14. The minimum Gasteiger partial charge on any atom is -0.382 e. The Morgan fingerprint density at radius 2 is 2.36 bits per heavy atom. The molecule has 0 fully saturated rings. The lowest BCUT2D eigenvalue weighted by atomic mass is 10.3. The first kappa shape index (κ1) is 8.11. The van der Waals surface area contributed by atoms with Crippen LogP contribution in [0.1, 0.15) is 25.5 Å². The highest BCUT2D eigenvalue weighted by atomic mass is 15.3. The van der Waals surface area contributed by atoms with Gasteiger partial charge in [0, 0.05) is 18.3 Å². The Hall–Kier alpha value is -0.990. The summed E-state index contributed by atoms with van der Waals surface area (Å²) in [5.74, 6) is 0.624. The highest BCUT2D eigenvalue weighted by Crippen LogP contribution is 2.05. The number of aryl methyl sites for hydroxylation is 2. The maximum atomic E-state index is 5.52. The Bertz CT molecular complexity index is 227. The van der Waals surface area contributed by atoms with Crippen LogP contribution >= 0.6 is 0 Å². The van der Waals surface area contributed by atoms with Crippen molar-refractivity contribution in [1.29, 1.82) is 0 Å². The quantitative estimate of drug-likeness (QED) is 0.716. The first-order chi connectivity index (χ1) is 5.24. The number of aromatic nitrogens is 2. The van der Waals surface area contributed by atoms with Gasteiger partial charge >= 0.3 is 0 Å². The Morgan fingerprint density at radius 3 is 2.82 bits per heavy atom. The number of hydrogen-bond donors (Lipinski definition) is 1. The summed E-state index contributed by atoms with van der Waals surface area (Å²) in [5.41, 5.74) is 6.67. The van der Waals surface area contributed by atoms with Gasteiger partial charge in [-0.05, 0) is 13.3 Å². The van der Waals surface area contributed by atoms with E-state index >= 15 is 0 Å². The van der Waals surface area contributed by atoms with Crippen LogP contribution in [0.15, 0.2) is 6.07 Å². The molecule has 2 N–H and O–H groups in total. The number of unbranched alkanes of at least 4 members (excludes halogenated alkanes) is 1. The van der Waals surface area contributed by atoms with E-state index < -0.39 is 0 Å². The van der Waals surface area contributed by atoms with Crippen LogP contribution in [0, 0.1) is 6.92 Å². The van der Waals surface area contributed by atoms with Crippen LogP contribution in [0.4, 0.5) is 5.82 Å². The minimum atomic E-state index is 0.624. The maximum Gasteiger partial charge on any atom is 0.145 e. The van der Waals surface area contributed by atoms with Crippen molar-refractivity contribution in [1.82, 2.24) is 9.78 Å². The summed E-state index contributed by atoms with van der Waals surface area (Å²) >= 11 is 0. The number of nitrogens with two attached hydrogens (primary N) is 1. The van der Waals surface area contributed by atoms with Gasteiger partial charge in [-0.25, -0.2) is 0 Å². The second-order valence-corrected chi connectivity index (χ2v) is 2.79. The van der Waals surface area contributed by atoms with Crippen molar-refractivity contribution in [3.63, 3.8) is 0 Å². The molecule has 0 spiro atoms. The molecule has 0 unspecified atom stereocenters. The third-order valence-corrected chi connectivity index (χ3v) is 1.72. The van der Waals surface area contributed by atoms with E-state index in [0.29, 0.717) is 5.82 Å². The lowest BCUT2D eigenvalue weighted by Crippen LogP contribution is -2.02. The Morgan fingerprint density at radius 1 is 1.64 bits per heavy atom. The van der Waals surface area contributed by atoms with Crippen molar-refractivity contribution in [2.75, 3.05) is 5.73 Å². The van der Waals surface area contributed by atoms with Gasteiger partial charge in [0.05, 0.1) is 0 Å². The standard InChI is InChI=1S/C8H15N3/c1-3-4-5-11-7(2)6-8(9)10-11/h6H,3-5H2,1-2H3,(H2,9,10). The maximum absolute atomic E-state index is 5.52. The molecule has 62 valence electrons. The average Bonchev–Trinajstić information content (AvgIpc) is 2.26. The van der Waals surface area contributed by atoms with E-state index in [1.807, 2.05) is 17.7 Å². The molecule has 0 aromatic carbocycles. The molecule has 0 aliphatic rings. The predicted octanol–water partition coefficient (Wildman–Crippen LogP) is 1.57. The summed E-state index contributed by atoms with van der Waals surface area (Å²) < 4.78 is 1.96. The van der Waals surface area contributed by atoms with Crippen molar-refractivity contribution >= 4 is 5.82 Å². The van der Waals surface area contributed by atoms with Crippen LogP contribution in [0.3, 0.4) is 0 Å². The van der Waals surface area contributed by atoms with Gasteiger partial charge in [-0.3, -0.25) is 4.68 Å². The van der Waals surface area contributed by atoms with Gasteiger partial charge in [0.2, 0.25) is 0 Å². The van der Waals surface area contributed by atoms with E-state index in [9.17, 15) is 0 Å². The summed E-state index contributed by atoms with van der Waals surface area (Å²) in [6.45, 7) is 5.18. The molecule has 3 nitrogen and oxygen atoms in total. The first-order valence-corrected chi connectivity index (χ1v) is 4.04. The number of rotatable bonds is 3. The number of nitrogen functional groups attached to an aromatic ring is 1. The topological polar surface area (TPSA) is 43.8 Å². The largest absolute Gasteiger partial charge is 0.382 e. The predicted molar refractivity (Wildman–Crippen MR) is 46.3 cm³/mol. The van der Waals surface area contributed by atoms with Gasteiger partial charge in [-0.1, -0.05) is 13.3 Å². The second kappa shape index (κ2) is 3.42. The summed E-state index contributed by atoms with van der Waals surface area (Å²) in [6, 6.07) is 1.90. The molecular formula is C8H15N3. The van der Waals surface area contributed by atoms with Gasteiger partial charge < -0.3 is 5.73 Å². The van der Waals surface area contributed by atoms with Crippen LogP contribution in [0.2, 0.25) is 0 Å². The second-order valence-electron chi connectivity index (χ2n) is 2.79. The molecule has 0 saturated carbocycles. The zero-order chi connectivity index (χ0) is 8.27. The number of anilines is 1.